The van der Waals surface area contributed by atoms with E-state index in [0.717, 1.165) is 68.2 Å². The number of hydrogen-bond acceptors (Lipinski definition) is 8. The third kappa shape index (κ3) is 5.98. The van der Waals surface area contributed by atoms with E-state index in [1.807, 2.05) is 48.9 Å². The summed E-state index contributed by atoms with van der Waals surface area (Å²) in [5.74, 6) is 1.25. The first-order valence-electron chi connectivity index (χ1n) is 15.9. The highest BCUT2D eigenvalue weighted by atomic mass is 16.6. The van der Waals surface area contributed by atoms with E-state index in [-0.39, 0.29) is 17.7 Å². The number of pyridine rings is 2. The van der Waals surface area contributed by atoms with Crippen LogP contribution in [0.1, 0.15) is 76.5 Å². The number of anilines is 1. The average Bonchev–Trinajstić information content (AvgIpc) is 3.92. The monoisotopic (exact) mass is 584 g/mol. The van der Waals surface area contributed by atoms with E-state index in [2.05, 4.69) is 56.5 Å². The number of aromatic nitrogens is 5. The minimum Gasteiger partial charge on any atom is -0.444 e. The summed E-state index contributed by atoms with van der Waals surface area (Å²) in [6.07, 6.45) is 14.7. The van der Waals surface area contributed by atoms with Crippen LogP contribution in [0.25, 0.3) is 11.3 Å². The summed E-state index contributed by atoms with van der Waals surface area (Å²) in [5, 5.41) is 9.17. The van der Waals surface area contributed by atoms with Crippen molar-refractivity contribution in [1.82, 2.24) is 34.8 Å². The Labute approximate surface area is 254 Å². The standard InChI is InChI=1S/C33H44N8O2/c1-32(2,3)43-31(42)40(18-23-7-8-23)28-6-5-13-39(19-28)27-11-12-30(35-17-27)33(21-38(4)22-33)41-20-29(36-37-41)26-14-25(15-34-16-26)24-9-10-24/h11-12,14-17,20,23-24,28H,5-10,13,18-19,21-22H2,1-4H3/t28-/m1/s1. The van der Waals surface area contributed by atoms with Crippen molar-refractivity contribution in [2.45, 2.75) is 82.4 Å². The van der Waals surface area contributed by atoms with Gasteiger partial charge in [-0.05, 0) is 102 Å². The van der Waals surface area contributed by atoms with E-state index in [4.69, 9.17) is 9.72 Å². The number of ether oxygens (including phenoxy) is 1. The fourth-order valence-electron chi connectivity index (χ4n) is 6.68. The van der Waals surface area contributed by atoms with E-state index in [1.54, 1.807) is 0 Å². The molecular weight excluding hydrogens is 540 g/mol. The first kappa shape index (κ1) is 28.3. The maximum atomic E-state index is 13.2. The molecule has 0 N–H and O–H groups in total. The lowest BCUT2D eigenvalue weighted by molar-refractivity contribution is 0.0134. The van der Waals surface area contributed by atoms with Gasteiger partial charge in [0.2, 0.25) is 0 Å². The second kappa shape index (κ2) is 10.9. The third-order valence-electron chi connectivity index (χ3n) is 9.31. The van der Waals surface area contributed by atoms with E-state index in [9.17, 15) is 4.79 Å². The molecule has 7 rings (SSSR count). The molecule has 3 aromatic heterocycles. The zero-order valence-corrected chi connectivity index (χ0v) is 25.9. The van der Waals surface area contributed by atoms with Gasteiger partial charge in [0, 0.05) is 50.7 Å². The Morgan fingerprint density at radius 3 is 2.58 bits per heavy atom. The highest BCUT2D eigenvalue weighted by Crippen LogP contribution is 2.41. The lowest BCUT2D eigenvalue weighted by Gasteiger charge is -2.47. The number of carbonyl (C=O) groups excluding carboxylic acids is 1. The summed E-state index contributed by atoms with van der Waals surface area (Å²) in [7, 11) is 2.12. The molecule has 2 aliphatic heterocycles. The topological polar surface area (TPSA) is 92.5 Å². The first-order chi connectivity index (χ1) is 20.7. The minimum absolute atomic E-state index is 0.136. The molecule has 2 saturated carbocycles. The molecule has 4 fully saturated rings. The fourth-order valence-corrected chi connectivity index (χ4v) is 6.68. The molecule has 3 aromatic rings. The molecule has 228 valence electrons. The van der Waals surface area contributed by atoms with Gasteiger partial charge in [-0.3, -0.25) is 9.97 Å². The number of likely N-dealkylation sites (tertiary alicyclic amines) is 1. The summed E-state index contributed by atoms with van der Waals surface area (Å²) < 4.78 is 7.83. The summed E-state index contributed by atoms with van der Waals surface area (Å²) >= 11 is 0. The SMILES string of the molecule is CN1CC(c2ccc(N3CCC[C@@H](N(CC4CC4)C(=O)OC(C)(C)C)C3)cn2)(n2cc(-c3cncc(C4CC4)c3)nn2)C1. The van der Waals surface area contributed by atoms with Crippen LogP contribution in [0.15, 0.2) is 43.0 Å². The number of piperidine rings is 1. The van der Waals surface area contributed by atoms with Crippen molar-refractivity contribution in [3.05, 3.63) is 54.2 Å². The molecule has 0 aromatic carbocycles. The van der Waals surface area contributed by atoms with Crippen molar-refractivity contribution in [1.29, 1.82) is 0 Å². The van der Waals surface area contributed by atoms with Crippen LogP contribution in [0.5, 0.6) is 0 Å². The van der Waals surface area contributed by atoms with E-state index in [0.29, 0.717) is 11.8 Å². The molecule has 1 amide bonds. The van der Waals surface area contributed by atoms with Crippen LogP contribution < -0.4 is 4.90 Å². The van der Waals surface area contributed by atoms with Gasteiger partial charge in [-0.1, -0.05) is 5.21 Å². The Balaban J connectivity index is 1.08. The van der Waals surface area contributed by atoms with Crippen LogP contribution in [0.4, 0.5) is 10.5 Å². The molecule has 1 atom stereocenters. The minimum atomic E-state index is -0.499. The predicted octanol–water partition coefficient (Wildman–Crippen LogP) is 4.92. The van der Waals surface area contributed by atoms with Gasteiger partial charge in [0.25, 0.3) is 0 Å². The summed E-state index contributed by atoms with van der Waals surface area (Å²) in [6, 6.07) is 6.69. The van der Waals surface area contributed by atoms with Crippen molar-refractivity contribution in [2.75, 3.05) is 44.7 Å². The van der Waals surface area contributed by atoms with Crippen LogP contribution in [-0.2, 0) is 10.3 Å². The number of rotatable bonds is 8. The lowest BCUT2D eigenvalue weighted by Crippen LogP contribution is -2.62. The third-order valence-corrected chi connectivity index (χ3v) is 9.31. The zero-order valence-electron chi connectivity index (χ0n) is 25.9. The molecule has 2 saturated heterocycles. The van der Waals surface area contributed by atoms with Gasteiger partial charge < -0.3 is 19.4 Å². The number of hydrogen-bond donors (Lipinski definition) is 0. The van der Waals surface area contributed by atoms with Gasteiger partial charge in [-0.25, -0.2) is 9.48 Å². The van der Waals surface area contributed by atoms with E-state index in [1.165, 1.54) is 31.2 Å². The second-order valence-electron chi connectivity index (χ2n) is 14.3. The molecule has 4 aliphatic rings. The van der Waals surface area contributed by atoms with Crippen LogP contribution in [0, 0.1) is 5.92 Å². The highest BCUT2D eigenvalue weighted by Gasteiger charge is 2.47. The van der Waals surface area contributed by atoms with Gasteiger partial charge in [0.05, 0.1) is 29.8 Å². The van der Waals surface area contributed by atoms with Gasteiger partial charge in [-0.2, -0.15) is 0 Å². The van der Waals surface area contributed by atoms with Crippen molar-refractivity contribution >= 4 is 11.8 Å². The van der Waals surface area contributed by atoms with E-state index >= 15 is 0 Å². The Bertz CT molecular complexity index is 1450. The number of likely N-dealkylation sites (N-methyl/N-ethyl adjacent to an activating group) is 1. The predicted molar refractivity (Wildman–Crippen MR) is 165 cm³/mol. The number of carbonyl (C=O) groups is 1. The molecule has 0 unspecified atom stereocenters. The molecule has 0 spiro atoms. The Hall–Kier alpha value is -3.53. The molecule has 2 aliphatic carbocycles. The van der Waals surface area contributed by atoms with Crippen LogP contribution >= 0.6 is 0 Å². The quantitative estimate of drug-likeness (QED) is 0.369. The van der Waals surface area contributed by atoms with Crippen molar-refractivity contribution < 1.29 is 9.53 Å². The van der Waals surface area contributed by atoms with Crippen LogP contribution in [-0.4, -0.2) is 92.3 Å². The van der Waals surface area contributed by atoms with Crippen LogP contribution in [0.2, 0.25) is 0 Å². The van der Waals surface area contributed by atoms with Gasteiger partial charge in [0.15, 0.2) is 0 Å². The molecular formula is C33H44N8O2. The van der Waals surface area contributed by atoms with Crippen molar-refractivity contribution in [3.63, 3.8) is 0 Å². The summed E-state index contributed by atoms with van der Waals surface area (Å²) in [6.45, 7) is 10.0. The maximum Gasteiger partial charge on any atom is 0.410 e. The average molecular weight is 585 g/mol. The zero-order chi connectivity index (χ0) is 29.8. The molecule has 10 heteroatoms. The molecule has 0 bridgehead atoms. The number of nitrogens with zero attached hydrogens (tertiary/aromatic N) is 8. The molecule has 43 heavy (non-hydrogen) atoms. The first-order valence-corrected chi connectivity index (χ1v) is 15.9. The van der Waals surface area contributed by atoms with Gasteiger partial charge >= 0.3 is 6.09 Å². The van der Waals surface area contributed by atoms with Crippen molar-refractivity contribution in [3.8, 4) is 11.3 Å². The molecule has 10 nitrogen and oxygen atoms in total. The lowest BCUT2D eigenvalue weighted by atomic mass is 9.86. The smallest absolute Gasteiger partial charge is 0.410 e. The maximum absolute atomic E-state index is 13.2. The highest BCUT2D eigenvalue weighted by molar-refractivity contribution is 5.69. The Morgan fingerprint density at radius 2 is 1.91 bits per heavy atom. The van der Waals surface area contributed by atoms with Crippen molar-refractivity contribution in [2.24, 2.45) is 5.92 Å². The summed E-state index contributed by atoms with van der Waals surface area (Å²) in [4.78, 5) is 29.4. The summed E-state index contributed by atoms with van der Waals surface area (Å²) in [5.41, 5.74) is 4.39. The van der Waals surface area contributed by atoms with Crippen LogP contribution in [0.3, 0.4) is 0 Å². The largest absolute Gasteiger partial charge is 0.444 e. The number of amides is 1. The Kier molecular flexibility index (Phi) is 7.15. The van der Waals surface area contributed by atoms with E-state index < -0.39 is 5.60 Å². The normalized spacial score (nSPS) is 22.2. The van der Waals surface area contributed by atoms with Gasteiger partial charge in [-0.15, -0.1) is 5.10 Å². The van der Waals surface area contributed by atoms with Gasteiger partial charge in [0.1, 0.15) is 16.8 Å². The molecule has 0 radical (unpaired) electrons. The Morgan fingerprint density at radius 1 is 1.09 bits per heavy atom. The fraction of sp³-hybridized carbons (Fsp3) is 0.606. The second-order valence-corrected chi connectivity index (χ2v) is 14.3. The molecule has 5 heterocycles.